The number of aliphatic imine (C=N–C) groups is 1. The van der Waals surface area contributed by atoms with Gasteiger partial charge in [0.05, 0.1) is 6.20 Å². The van der Waals surface area contributed by atoms with Crippen LogP contribution in [0.15, 0.2) is 52.9 Å². The maximum atomic E-state index is 12.9. The Morgan fingerprint density at radius 2 is 2.17 bits per heavy atom. The summed E-state index contributed by atoms with van der Waals surface area (Å²) in [6, 6.07) is 5.94. The largest absolute Gasteiger partial charge is 0.347 e. The molecular formula is C25H25ClN8OS. The molecule has 1 saturated heterocycles. The van der Waals surface area contributed by atoms with Crippen LogP contribution < -0.4 is 20.9 Å². The van der Waals surface area contributed by atoms with Gasteiger partial charge in [0.2, 0.25) is 11.9 Å². The Hall–Kier alpha value is -3.50. The molecule has 0 aliphatic carbocycles. The molecule has 36 heavy (non-hydrogen) atoms. The highest BCUT2D eigenvalue weighted by Gasteiger charge is 2.30. The van der Waals surface area contributed by atoms with Gasteiger partial charge in [0.1, 0.15) is 5.02 Å². The highest BCUT2D eigenvalue weighted by molar-refractivity contribution is 7.13. The van der Waals surface area contributed by atoms with E-state index < -0.39 is 0 Å². The van der Waals surface area contributed by atoms with Crippen molar-refractivity contribution in [3.8, 4) is 0 Å². The van der Waals surface area contributed by atoms with Crippen LogP contribution in [0.2, 0.25) is 5.02 Å². The number of aryl methyl sites for hydroxylation is 1. The van der Waals surface area contributed by atoms with Crippen molar-refractivity contribution in [3.63, 3.8) is 0 Å². The van der Waals surface area contributed by atoms with Gasteiger partial charge in [-0.25, -0.2) is 9.97 Å². The fraction of sp³-hybridized carbons (Fsp3) is 0.320. The minimum absolute atomic E-state index is 0.0378. The normalized spacial score (nSPS) is 19.0. The van der Waals surface area contributed by atoms with Crippen LogP contribution in [-0.2, 0) is 11.2 Å². The number of hydrogen-bond donors (Lipinski definition) is 3. The van der Waals surface area contributed by atoms with Crippen molar-refractivity contribution in [1.29, 1.82) is 0 Å². The molecule has 3 aromatic rings. The number of aromatic nitrogens is 3. The van der Waals surface area contributed by atoms with Crippen LogP contribution in [0.5, 0.6) is 0 Å². The van der Waals surface area contributed by atoms with Crippen molar-refractivity contribution in [2.75, 3.05) is 33.9 Å². The number of halogens is 1. The molecule has 0 spiro atoms. The zero-order valence-electron chi connectivity index (χ0n) is 19.4. The topological polar surface area (TPSA) is 107 Å². The molecule has 1 aromatic carbocycles. The van der Waals surface area contributed by atoms with Gasteiger partial charge >= 0.3 is 0 Å². The van der Waals surface area contributed by atoms with Gasteiger partial charge in [-0.1, -0.05) is 11.6 Å². The predicted octanol–water partition coefficient (Wildman–Crippen LogP) is 5.09. The zero-order valence-corrected chi connectivity index (χ0v) is 21.0. The smallest absolute Gasteiger partial charge is 0.229 e. The maximum absolute atomic E-state index is 12.9. The highest BCUT2D eigenvalue weighted by atomic mass is 35.5. The van der Waals surface area contributed by atoms with Gasteiger partial charge in [0.25, 0.3) is 0 Å². The number of carbonyl (C=O) groups is 1. The predicted molar refractivity (Wildman–Crippen MR) is 144 cm³/mol. The summed E-state index contributed by atoms with van der Waals surface area (Å²) < 4.78 is 0. The molecule has 3 N–H and O–H groups in total. The molecule has 184 valence electrons. The van der Waals surface area contributed by atoms with E-state index in [0.717, 1.165) is 60.1 Å². The third kappa shape index (κ3) is 5.05. The van der Waals surface area contributed by atoms with E-state index in [0.29, 0.717) is 29.1 Å². The molecule has 0 saturated carbocycles. The SMILES string of the molecule is O=C(CC1CN(c2nccs2)C1)Nc1ccc2cc1CCC1C=NC=C(C1)Nc1ncc(Cl)c(n1)N2. The summed E-state index contributed by atoms with van der Waals surface area (Å²) in [4.78, 5) is 32.7. The minimum Gasteiger partial charge on any atom is -0.347 e. The second-order valence-electron chi connectivity index (χ2n) is 9.31. The van der Waals surface area contributed by atoms with E-state index in [-0.39, 0.29) is 11.8 Å². The molecule has 0 radical (unpaired) electrons. The first-order chi connectivity index (χ1) is 17.6. The number of nitrogens with zero attached hydrogens (tertiary/aromatic N) is 5. The van der Waals surface area contributed by atoms with Gasteiger partial charge in [-0.15, -0.1) is 11.3 Å². The van der Waals surface area contributed by atoms with Gasteiger partial charge in [0, 0.05) is 72.4 Å². The summed E-state index contributed by atoms with van der Waals surface area (Å²) in [5.74, 6) is 1.64. The number of rotatable bonds is 4. The molecule has 6 bridgehead atoms. The standard InChI is InChI=1S/C25H25ClN8OS/c26-20-12-29-24-31-19-7-15(10-27-11-19)1-2-17-9-18(30-23(20)33-24)3-4-21(17)32-22(35)8-16-13-34(14-16)25-28-5-6-36-25/h3-6,9-12,15-16H,1-2,7-8,13-14H2,(H,32,35)(H2,29,30,31,33). The lowest BCUT2D eigenvalue weighted by molar-refractivity contribution is -0.117. The van der Waals surface area contributed by atoms with Gasteiger partial charge in [0.15, 0.2) is 10.9 Å². The van der Waals surface area contributed by atoms with Crippen LogP contribution in [0.4, 0.5) is 28.3 Å². The highest BCUT2D eigenvalue weighted by Crippen LogP contribution is 2.32. The number of benzene rings is 1. The Balaban J connectivity index is 1.19. The van der Waals surface area contributed by atoms with Crippen molar-refractivity contribution < 1.29 is 4.79 Å². The zero-order chi connectivity index (χ0) is 24.5. The van der Waals surface area contributed by atoms with Crippen LogP contribution >= 0.6 is 22.9 Å². The Bertz CT molecular complexity index is 1340. The van der Waals surface area contributed by atoms with Gasteiger partial charge < -0.3 is 20.9 Å². The fourth-order valence-corrected chi connectivity index (χ4v) is 5.53. The molecule has 1 unspecified atom stereocenters. The quantitative estimate of drug-likeness (QED) is 0.440. The lowest BCUT2D eigenvalue weighted by Crippen LogP contribution is -2.48. The van der Waals surface area contributed by atoms with Crippen molar-refractivity contribution in [3.05, 3.63) is 58.5 Å². The fourth-order valence-electron chi connectivity index (χ4n) is 4.73. The molecule has 11 heteroatoms. The summed E-state index contributed by atoms with van der Waals surface area (Å²) in [5.41, 5.74) is 3.71. The average molecular weight is 521 g/mol. The molecule has 3 aliphatic rings. The van der Waals surface area contributed by atoms with Crippen molar-refractivity contribution in [2.45, 2.75) is 25.7 Å². The van der Waals surface area contributed by atoms with E-state index >= 15 is 0 Å². The first-order valence-corrected chi connectivity index (χ1v) is 13.2. The van der Waals surface area contributed by atoms with E-state index in [1.807, 2.05) is 36.1 Å². The van der Waals surface area contributed by atoms with Crippen LogP contribution in [0.25, 0.3) is 0 Å². The van der Waals surface area contributed by atoms with E-state index in [1.165, 1.54) is 0 Å². The summed E-state index contributed by atoms with van der Waals surface area (Å²) in [6.07, 6.45) is 10.2. The Morgan fingerprint density at radius 3 is 3.03 bits per heavy atom. The molecule has 9 nitrogen and oxygen atoms in total. The van der Waals surface area contributed by atoms with Crippen LogP contribution in [-0.4, -0.2) is 40.2 Å². The van der Waals surface area contributed by atoms with Crippen LogP contribution in [0, 0.1) is 11.8 Å². The number of carbonyl (C=O) groups excluding carboxylic acids is 1. The number of thiazole rings is 1. The average Bonchev–Trinajstić information content (AvgIpc) is 3.37. The number of nitrogens with one attached hydrogen (secondary N) is 3. The molecule has 5 heterocycles. The molecular weight excluding hydrogens is 496 g/mol. The number of anilines is 5. The second kappa shape index (κ2) is 9.87. The molecule has 1 atom stereocenters. The van der Waals surface area contributed by atoms with E-state index in [4.69, 9.17) is 11.6 Å². The van der Waals surface area contributed by atoms with Crippen LogP contribution in [0.1, 0.15) is 24.8 Å². The summed E-state index contributed by atoms with van der Waals surface area (Å²) in [5, 5.41) is 13.2. The first kappa shape index (κ1) is 22.9. The molecule has 2 aromatic heterocycles. The lowest BCUT2D eigenvalue weighted by Gasteiger charge is -2.38. The van der Waals surface area contributed by atoms with Crippen molar-refractivity contribution in [2.24, 2.45) is 16.8 Å². The third-order valence-corrected chi connectivity index (χ3v) is 7.68. The van der Waals surface area contributed by atoms with Gasteiger partial charge in [-0.05, 0) is 43.0 Å². The van der Waals surface area contributed by atoms with E-state index in [9.17, 15) is 4.79 Å². The van der Waals surface area contributed by atoms with Crippen molar-refractivity contribution >= 4 is 63.3 Å². The molecule has 3 aliphatic heterocycles. The Kier molecular flexibility index (Phi) is 6.28. The molecule has 1 amide bonds. The molecule has 6 rings (SSSR count). The van der Waals surface area contributed by atoms with Gasteiger partial charge in [-0.3, -0.25) is 9.79 Å². The Labute approximate surface area is 217 Å². The van der Waals surface area contributed by atoms with E-state index in [2.05, 4.69) is 46.9 Å². The first-order valence-electron chi connectivity index (χ1n) is 12.0. The maximum Gasteiger partial charge on any atom is 0.229 e. The van der Waals surface area contributed by atoms with E-state index in [1.54, 1.807) is 17.5 Å². The summed E-state index contributed by atoms with van der Waals surface area (Å²) in [7, 11) is 0. The summed E-state index contributed by atoms with van der Waals surface area (Å²) in [6.45, 7) is 1.73. The number of amides is 1. The summed E-state index contributed by atoms with van der Waals surface area (Å²) >= 11 is 8.00. The molecule has 1 fully saturated rings. The van der Waals surface area contributed by atoms with Crippen LogP contribution in [0.3, 0.4) is 0 Å². The monoisotopic (exact) mass is 520 g/mol. The van der Waals surface area contributed by atoms with Crippen molar-refractivity contribution in [1.82, 2.24) is 15.0 Å². The lowest BCUT2D eigenvalue weighted by atomic mass is 9.93. The van der Waals surface area contributed by atoms with Gasteiger partial charge in [-0.2, -0.15) is 4.98 Å². The number of fused-ring (bicyclic) bond motifs is 6. The Morgan fingerprint density at radius 1 is 1.25 bits per heavy atom. The second-order valence-corrected chi connectivity index (χ2v) is 10.6. The number of allylic oxidation sites excluding steroid dienone is 1. The number of hydrogen-bond acceptors (Lipinski definition) is 9. The minimum atomic E-state index is 0.0378. The third-order valence-electron chi connectivity index (χ3n) is 6.57.